The fourth-order valence-corrected chi connectivity index (χ4v) is 2.13. The van der Waals surface area contributed by atoms with Crippen molar-refractivity contribution in [3.05, 3.63) is 35.9 Å². The summed E-state index contributed by atoms with van der Waals surface area (Å²) in [4.78, 5) is 35.6. The highest BCUT2D eigenvalue weighted by molar-refractivity contribution is 5.96. The van der Waals surface area contributed by atoms with Crippen molar-refractivity contribution in [1.29, 1.82) is 0 Å². The Balaban J connectivity index is 1.89. The fourth-order valence-electron chi connectivity index (χ4n) is 2.13. The van der Waals surface area contributed by atoms with E-state index in [2.05, 4.69) is 10.9 Å². The smallest absolute Gasteiger partial charge is 0.407 e. The van der Waals surface area contributed by atoms with Gasteiger partial charge in [0.1, 0.15) is 6.04 Å². The first kappa shape index (κ1) is 13.9. The minimum Gasteiger partial charge on any atom is -0.465 e. The largest absolute Gasteiger partial charge is 0.465 e. The Morgan fingerprint density at radius 3 is 2.50 bits per heavy atom. The van der Waals surface area contributed by atoms with Crippen LogP contribution < -0.4 is 10.9 Å². The Bertz CT molecular complexity index is 518. The number of carboxylic acid groups (broad SMARTS) is 1. The van der Waals surface area contributed by atoms with Gasteiger partial charge in [0.05, 0.1) is 0 Å². The van der Waals surface area contributed by atoms with Crippen molar-refractivity contribution in [3.63, 3.8) is 0 Å². The highest BCUT2D eigenvalue weighted by Crippen LogP contribution is 2.16. The number of nitrogens with one attached hydrogen (secondary N) is 2. The lowest BCUT2D eigenvalue weighted by molar-refractivity contribution is -0.125. The van der Waals surface area contributed by atoms with Gasteiger partial charge < -0.3 is 5.11 Å². The standard InChI is InChI=1S/C13H15N3O4/c17-11(9-5-2-1-3-6-9)14-15-12(18)10-7-4-8-16(10)13(19)20/h1-3,5-6,10H,4,7-8H2,(H,14,17)(H,15,18)(H,19,20). The van der Waals surface area contributed by atoms with Crippen LogP contribution in [0.2, 0.25) is 0 Å². The predicted molar refractivity (Wildman–Crippen MR) is 69.8 cm³/mol. The number of likely N-dealkylation sites (tertiary alicyclic amines) is 1. The fraction of sp³-hybridized carbons (Fsp3) is 0.308. The number of hydrogen-bond donors (Lipinski definition) is 3. The molecule has 3 N–H and O–H groups in total. The van der Waals surface area contributed by atoms with Crippen LogP contribution in [0.15, 0.2) is 30.3 Å². The lowest BCUT2D eigenvalue weighted by Gasteiger charge is -2.20. The molecule has 0 bridgehead atoms. The molecule has 3 amide bonds. The second-order valence-corrected chi connectivity index (χ2v) is 4.44. The Kier molecular flexibility index (Phi) is 4.19. The summed E-state index contributed by atoms with van der Waals surface area (Å²) in [5.41, 5.74) is 4.95. The molecule has 1 fully saturated rings. The number of carbonyl (C=O) groups is 3. The minimum atomic E-state index is -1.13. The van der Waals surface area contributed by atoms with Crippen LogP contribution in [0.5, 0.6) is 0 Å². The summed E-state index contributed by atoms with van der Waals surface area (Å²) in [5, 5.41) is 8.95. The van der Waals surface area contributed by atoms with Crippen molar-refractivity contribution >= 4 is 17.9 Å². The topological polar surface area (TPSA) is 98.7 Å². The Morgan fingerprint density at radius 1 is 1.15 bits per heavy atom. The molecule has 0 spiro atoms. The molecular formula is C13H15N3O4. The van der Waals surface area contributed by atoms with E-state index in [1.165, 1.54) is 0 Å². The second kappa shape index (κ2) is 6.05. The maximum Gasteiger partial charge on any atom is 0.407 e. The molecule has 106 valence electrons. The molecule has 1 aliphatic heterocycles. The third kappa shape index (κ3) is 3.05. The number of benzene rings is 1. The predicted octanol–water partition coefficient (Wildman–Crippen LogP) is 0.590. The van der Waals surface area contributed by atoms with E-state index in [0.29, 0.717) is 24.9 Å². The van der Waals surface area contributed by atoms with E-state index in [1.807, 2.05) is 0 Å². The third-order valence-electron chi connectivity index (χ3n) is 3.14. The van der Waals surface area contributed by atoms with Crippen LogP contribution in [0.1, 0.15) is 23.2 Å². The molecule has 1 saturated heterocycles. The van der Waals surface area contributed by atoms with Crippen molar-refractivity contribution in [2.24, 2.45) is 0 Å². The molecule has 20 heavy (non-hydrogen) atoms. The second-order valence-electron chi connectivity index (χ2n) is 4.44. The number of amides is 3. The molecule has 7 nitrogen and oxygen atoms in total. The average Bonchev–Trinajstić information content (AvgIpc) is 2.95. The van der Waals surface area contributed by atoms with Gasteiger partial charge in [-0.3, -0.25) is 25.3 Å². The first-order valence-corrected chi connectivity index (χ1v) is 6.24. The maximum absolute atomic E-state index is 11.9. The van der Waals surface area contributed by atoms with Crippen LogP contribution >= 0.6 is 0 Å². The molecule has 1 unspecified atom stereocenters. The molecule has 1 aliphatic rings. The average molecular weight is 277 g/mol. The van der Waals surface area contributed by atoms with Gasteiger partial charge in [-0.05, 0) is 25.0 Å². The number of hydrogen-bond acceptors (Lipinski definition) is 3. The zero-order valence-corrected chi connectivity index (χ0v) is 10.7. The van der Waals surface area contributed by atoms with Gasteiger partial charge in [-0.2, -0.15) is 0 Å². The molecule has 7 heteroatoms. The van der Waals surface area contributed by atoms with Crippen LogP contribution in [0, 0.1) is 0 Å². The van der Waals surface area contributed by atoms with Gasteiger partial charge in [0.25, 0.3) is 11.8 Å². The Morgan fingerprint density at radius 2 is 1.85 bits per heavy atom. The minimum absolute atomic E-state index is 0.333. The van der Waals surface area contributed by atoms with Gasteiger partial charge in [0.15, 0.2) is 0 Å². The Hall–Kier alpha value is -2.57. The normalized spacial score (nSPS) is 17.6. The van der Waals surface area contributed by atoms with Gasteiger partial charge in [-0.25, -0.2) is 4.79 Å². The third-order valence-corrected chi connectivity index (χ3v) is 3.14. The molecule has 1 atom stereocenters. The van der Waals surface area contributed by atoms with Gasteiger partial charge in [0, 0.05) is 12.1 Å². The number of nitrogens with zero attached hydrogens (tertiary/aromatic N) is 1. The van der Waals surface area contributed by atoms with E-state index >= 15 is 0 Å². The van der Waals surface area contributed by atoms with Crippen LogP contribution in [0.3, 0.4) is 0 Å². The van der Waals surface area contributed by atoms with Crippen molar-refractivity contribution in [2.75, 3.05) is 6.54 Å². The maximum atomic E-state index is 11.9. The van der Waals surface area contributed by atoms with Crippen molar-refractivity contribution < 1.29 is 19.5 Å². The first-order chi connectivity index (χ1) is 9.59. The molecule has 1 aromatic carbocycles. The molecule has 2 rings (SSSR count). The molecule has 0 radical (unpaired) electrons. The highest BCUT2D eigenvalue weighted by Gasteiger charge is 2.34. The summed E-state index contributed by atoms with van der Waals surface area (Å²) in [7, 11) is 0. The van der Waals surface area contributed by atoms with Crippen molar-refractivity contribution in [2.45, 2.75) is 18.9 Å². The summed E-state index contributed by atoms with van der Waals surface area (Å²) in [5.74, 6) is -0.965. The number of carbonyl (C=O) groups excluding carboxylic acids is 2. The molecule has 0 aliphatic carbocycles. The zero-order valence-electron chi connectivity index (χ0n) is 10.7. The highest BCUT2D eigenvalue weighted by atomic mass is 16.4. The van der Waals surface area contributed by atoms with Crippen LogP contribution in [-0.4, -0.2) is 40.5 Å². The summed E-state index contributed by atoms with van der Waals surface area (Å²) in [6, 6.07) is 7.67. The van der Waals surface area contributed by atoms with Gasteiger partial charge >= 0.3 is 6.09 Å². The Labute approximate surface area is 115 Å². The van der Waals surface area contributed by atoms with Gasteiger partial charge in [-0.1, -0.05) is 18.2 Å². The summed E-state index contributed by atoms with van der Waals surface area (Å²) in [6.45, 7) is 0.333. The van der Waals surface area contributed by atoms with Crippen molar-refractivity contribution in [3.8, 4) is 0 Å². The van der Waals surface area contributed by atoms with E-state index in [4.69, 9.17) is 5.11 Å². The van der Waals surface area contributed by atoms with Gasteiger partial charge in [0.2, 0.25) is 0 Å². The molecule has 0 saturated carbocycles. The van der Waals surface area contributed by atoms with Crippen LogP contribution in [0.25, 0.3) is 0 Å². The summed E-state index contributed by atoms with van der Waals surface area (Å²) < 4.78 is 0. The molecule has 1 aromatic rings. The van der Waals surface area contributed by atoms with Gasteiger partial charge in [-0.15, -0.1) is 0 Å². The molecule has 0 aromatic heterocycles. The quantitative estimate of drug-likeness (QED) is 0.689. The van der Waals surface area contributed by atoms with Crippen LogP contribution in [-0.2, 0) is 4.79 Å². The van der Waals surface area contributed by atoms with E-state index in [9.17, 15) is 14.4 Å². The number of rotatable bonds is 2. The first-order valence-electron chi connectivity index (χ1n) is 6.24. The molecule has 1 heterocycles. The van der Waals surface area contributed by atoms with E-state index < -0.39 is 23.9 Å². The summed E-state index contributed by atoms with van der Waals surface area (Å²) in [6.07, 6.45) is -0.0341. The zero-order chi connectivity index (χ0) is 14.5. The SMILES string of the molecule is O=C(NNC(=O)C1CCCN1C(=O)O)c1ccccc1. The van der Waals surface area contributed by atoms with E-state index in [0.717, 1.165) is 4.90 Å². The van der Waals surface area contributed by atoms with Crippen LogP contribution in [0.4, 0.5) is 4.79 Å². The lowest BCUT2D eigenvalue weighted by atomic mass is 10.2. The summed E-state index contributed by atoms with van der Waals surface area (Å²) >= 11 is 0. The molecular weight excluding hydrogens is 262 g/mol. The van der Waals surface area contributed by atoms with Crippen molar-refractivity contribution in [1.82, 2.24) is 15.8 Å². The monoisotopic (exact) mass is 277 g/mol. The van der Waals surface area contributed by atoms with E-state index in [1.54, 1.807) is 30.3 Å². The lowest BCUT2D eigenvalue weighted by Crippen LogP contribution is -2.51. The number of hydrazine groups is 1. The van der Waals surface area contributed by atoms with E-state index in [-0.39, 0.29) is 0 Å².